The number of nitrogens with zero attached hydrogens (tertiary/aromatic N) is 3. The molecule has 0 spiro atoms. The molecule has 0 atom stereocenters. The van der Waals surface area contributed by atoms with Crippen molar-refractivity contribution in [2.45, 2.75) is 0 Å². The van der Waals surface area contributed by atoms with Crippen LogP contribution in [-0.2, 0) is 0 Å². The monoisotopic (exact) mass is 221 g/mol. The maximum atomic E-state index is 10.8. The Hall–Kier alpha value is -2.44. The fourth-order valence-electron chi connectivity index (χ4n) is 1.22. The van der Waals surface area contributed by atoms with Gasteiger partial charge in [0.05, 0.1) is 12.0 Å². The van der Waals surface area contributed by atoms with Crippen LogP contribution in [0.2, 0.25) is 0 Å². The van der Waals surface area contributed by atoms with Crippen molar-refractivity contribution >= 4 is 5.69 Å². The Morgan fingerprint density at radius 2 is 2.19 bits per heavy atom. The molecule has 0 fully saturated rings. The fourth-order valence-corrected chi connectivity index (χ4v) is 1.22. The predicted octanol–water partition coefficient (Wildman–Crippen LogP) is 1.65. The van der Waals surface area contributed by atoms with E-state index in [1.165, 1.54) is 19.2 Å². The highest BCUT2D eigenvalue weighted by Gasteiger charge is 2.19. The average molecular weight is 221 g/mol. The van der Waals surface area contributed by atoms with Crippen LogP contribution in [0.4, 0.5) is 5.69 Å². The summed E-state index contributed by atoms with van der Waals surface area (Å²) < 4.78 is 9.57. The SMILES string of the molecule is COc1noc(-c2ccccc2[N+](=O)[O-])n1. The lowest BCUT2D eigenvalue weighted by Gasteiger charge is -1.95. The summed E-state index contributed by atoms with van der Waals surface area (Å²) in [5.74, 6) is 0.0594. The van der Waals surface area contributed by atoms with Gasteiger partial charge in [0.25, 0.3) is 11.6 Å². The third-order valence-electron chi connectivity index (χ3n) is 1.92. The lowest BCUT2D eigenvalue weighted by molar-refractivity contribution is -0.384. The second-order valence-corrected chi connectivity index (χ2v) is 2.86. The minimum Gasteiger partial charge on any atom is -0.465 e. The highest BCUT2D eigenvalue weighted by molar-refractivity contribution is 5.66. The van der Waals surface area contributed by atoms with Gasteiger partial charge in [-0.05, 0) is 11.2 Å². The molecule has 16 heavy (non-hydrogen) atoms. The summed E-state index contributed by atoms with van der Waals surface area (Å²) in [6, 6.07) is 6.15. The molecule has 1 heterocycles. The molecule has 2 rings (SSSR count). The Labute approximate surface area is 89.8 Å². The van der Waals surface area contributed by atoms with E-state index in [1.807, 2.05) is 0 Å². The zero-order valence-corrected chi connectivity index (χ0v) is 8.28. The van der Waals surface area contributed by atoms with Crippen molar-refractivity contribution in [3.05, 3.63) is 34.4 Å². The number of aromatic nitrogens is 2. The van der Waals surface area contributed by atoms with E-state index in [0.717, 1.165) is 0 Å². The number of benzene rings is 1. The first-order valence-electron chi connectivity index (χ1n) is 4.34. The van der Waals surface area contributed by atoms with E-state index in [1.54, 1.807) is 12.1 Å². The molecule has 82 valence electrons. The maximum absolute atomic E-state index is 10.8. The predicted molar refractivity (Wildman–Crippen MR) is 52.9 cm³/mol. The van der Waals surface area contributed by atoms with Crippen molar-refractivity contribution in [2.75, 3.05) is 7.11 Å². The molecule has 0 unspecified atom stereocenters. The number of ether oxygens (including phenoxy) is 1. The van der Waals surface area contributed by atoms with Crippen LogP contribution in [0, 0.1) is 10.1 Å². The lowest BCUT2D eigenvalue weighted by Crippen LogP contribution is -1.91. The van der Waals surface area contributed by atoms with E-state index in [-0.39, 0.29) is 23.2 Å². The van der Waals surface area contributed by atoms with Gasteiger partial charge in [0.1, 0.15) is 5.56 Å². The maximum Gasteiger partial charge on any atom is 0.354 e. The summed E-state index contributed by atoms with van der Waals surface area (Å²) in [5, 5.41) is 14.2. The van der Waals surface area contributed by atoms with Crippen LogP contribution >= 0.6 is 0 Å². The Balaban J connectivity index is 2.50. The van der Waals surface area contributed by atoms with Crippen molar-refractivity contribution in [3.63, 3.8) is 0 Å². The molecule has 2 aromatic rings. The number of para-hydroxylation sites is 1. The van der Waals surface area contributed by atoms with Gasteiger partial charge in [0, 0.05) is 6.07 Å². The third kappa shape index (κ3) is 1.70. The Kier molecular flexibility index (Phi) is 2.50. The first-order chi connectivity index (χ1) is 7.72. The van der Waals surface area contributed by atoms with Gasteiger partial charge in [0.2, 0.25) is 0 Å². The molecule has 1 aromatic carbocycles. The van der Waals surface area contributed by atoms with E-state index >= 15 is 0 Å². The minimum atomic E-state index is -0.508. The zero-order chi connectivity index (χ0) is 11.5. The number of hydrogen-bond donors (Lipinski definition) is 0. The first-order valence-corrected chi connectivity index (χ1v) is 4.34. The van der Waals surface area contributed by atoms with Crippen LogP contribution in [-0.4, -0.2) is 22.2 Å². The van der Waals surface area contributed by atoms with Gasteiger partial charge in [-0.3, -0.25) is 10.1 Å². The van der Waals surface area contributed by atoms with E-state index in [0.29, 0.717) is 0 Å². The minimum absolute atomic E-state index is 0.0353. The molecule has 7 nitrogen and oxygen atoms in total. The van der Waals surface area contributed by atoms with E-state index < -0.39 is 4.92 Å². The highest BCUT2D eigenvalue weighted by Crippen LogP contribution is 2.28. The van der Waals surface area contributed by atoms with Crippen LogP contribution in [0.15, 0.2) is 28.8 Å². The van der Waals surface area contributed by atoms with Gasteiger partial charge in [-0.15, -0.1) is 0 Å². The van der Waals surface area contributed by atoms with Gasteiger partial charge < -0.3 is 9.26 Å². The van der Waals surface area contributed by atoms with Crippen LogP contribution in [0.5, 0.6) is 6.01 Å². The molecule has 0 radical (unpaired) electrons. The van der Waals surface area contributed by atoms with Crippen LogP contribution in [0.3, 0.4) is 0 Å². The molecule has 7 heteroatoms. The van der Waals surface area contributed by atoms with E-state index in [4.69, 9.17) is 9.26 Å². The molecule has 0 aliphatic rings. The summed E-state index contributed by atoms with van der Waals surface area (Å²) in [6.07, 6.45) is 0. The molecule has 0 saturated heterocycles. The number of hydrogen-bond acceptors (Lipinski definition) is 6. The van der Waals surface area contributed by atoms with Crippen molar-refractivity contribution in [2.24, 2.45) is 0 Å². The lowest BCUT2D eigenvalue weighted by atomic mass is 10.2. The average Bonchev–Trinajstić information content (AvgIpc) is 2.77. The Bertz CT molecular complexity index is 523. The van der Waals surface area contributed by atoms with Crippen molar-refractivity contribution < 1.29 is 14.2 Å². The molecule has 0 saturated carbocycles. The molecule has 0 N–H and O–H groups in total. The quantitative estimate of drug-likeness (QED) is 0.578. The van der Waals surface area contributed by atoms with Gasteiger partial charge in [-0.2, -0.15) is 4.98 Å². The standard InChI is InChI=1S/C9H7N3O4/c1-15-9-10-8(16-11-9)6-4-2-3-5-7(6)12(13)14/h2-5H,1H3. The second-order valence-electron chi connectivity index (χ2n) is 2.86. The van der Waals surface area contributed by atoms with Crippen molar-refractivity contribution in [1.82, 2.24) is 10.1 Å². The van der Waals surface area contributed by atoms with Crippen molar-refractivity contribution in [3.8, 4) is 17.5 Å². The van der Waals surface area contributed by atoms with Gasteiger partial charge in [-0.25, -0.2) is 0 Å². The van der Waals surface area contributed by atoms with Crippen LogP contribution < -0.4 is 4.74 Å². The molecule has 0 bridgehead atoms. The van der Waals surface area contributed by atoms with Crippen LogP contribution in [0.25, 0.3) is 11.5 Å². The third-order valence-corrected chi connectivity index (χ3v) is 1.92. The summed E-state index contributed by atoms with van der Waals surface area (Å²) in [7, 11) is 1.38. The molecular formula is C9H7N3O4. The molecular weight excluding hydrogens is 214 g/mol. The summed E-state index contributed by atoms with van der Waals surface area (Å²) in [5.41, 5.74) is 0.178. The van der Waals surface area contributed by atoms with Gasteiger partial charge in [-0.1, -0.05) is 12.1 Å². The summed E-state index contributed by atoms with van der Waals surface area (Å²) >= 11 is 0. The van der Waals surface area contributed by atoms with Gasteiger partial charge >= 0.3 is 6.01 Å². The number of nitro groups is 1. The number of nitro benzene ring substituents is 1. The first kappa shape index (κ1) is 10.1. The second kappa shape index (κ2) is 3.97. The van der Waals surface area contributed by atoms with E-state index in [2.05, 4.69) is 10.1 Å². The highest BCUT2D eigenvalue weighted by atomic mass is 16.6. The molecule has 1 aromatic heterocycles. The fraction of sp³-hybridized carbons (Fsp3) is 0.111. The van der Waals surface area contributed by atoms with Crippen molar-refractivity contribution in [1.29, 1.82) is 0 Å². The summed E-state index contributed by atoms with van der Waals surface area (Å²) in [6.45, 7) is 0. The zero-order valence-electron chi connectivity index (χ0n) is 8.28. The Morgan fingerprint density at radius 3 is 2.81 bits per heavy atom. The summed E-state index contributed by atoms with van der Waals surface area (Å²) in [4.78, 5) is 14.1. The number of methoxy groups -OCH3 is 1. The molecule has 0 aliphatic heterocycles. The smallest absolute Gasteiger partial charge is 0.354 e. The Morgan fingerprint density at radius 1 is 1.44 bits per heavy atom. The molecule has 0 amide bonds. The number of rotatable bonds is 3. The normalized spacial score (nSPS) is 10.1. The topological polar surface area (TPSA) is 91.3 Å². The van der Waals surface area contributed by atoms with E-state index in [9.17, 15) is 10.1 Å². The van der Waals surface area contributed by atoms with Crippen LogP contribution in [0.1, 0.15) is 0 Å². The largest absolute Gasteiger partial charge is 0.465 e. The molecule has 0 aliphatic carbocycles. The van der Waals surface area contributed by atoms with Gasteiger partial charge in [0.15, 0.2) is 0 Å².